The Morgan fingerprint density at radius 3 is 2.32 bits per heavy atom. The second kappa shape index (κ2) is 16.0. The molecule has 0 saturated heterocycles. The zero-order valence-electron chi connectivity index (χ0n) is 20.1. The zero-order valence-corrected chi connectivity index (χ0v) is 20.1. The van der Waals surface area contributed by atoms with Crippen LogP contribution in [-0.2, 0) is 19.0 Å². The summed E-state index contributed by atoms with van der Waals surface area (Å²) < 4.78 is 16.4. The van der Waals surface area contributed by atoms with E-state index in [9.17, 15) is 15.0 Å². The highest BCUT2D eigenvalue weighted by Gasteiger charge is 2.38. The summed E-state index contributed by atoms with van der Waals surface area (Å²) in [4.78, 5) is 12.4. The minimum Gasteiger partial charge on any atom is -0.457 e. The van der Waals surface area contributed by atoms with Crippen molar-refractivity contribution < 1.29 is 29.2 Å². The van der Waals surface area contributed by atoms with Crippen molar-refractivity contribution in [3.8, 4) is 11.8 Å². The normalized spacial score (nSPS) is 15.8. The number of hydrogen-bond donors (Lipinski definition) is 2. The Morgan fingerprint density at radius 1 is 1.19 bits per heavy atom. The fourth-order valence-electron chi connectivity index (χ4n) is 2.98. The molecule has 6 heteroatoms. The van der Waals surface area contributed by atoms with Crippen LogP contribution in [0, 0.1) is 23.2 Å². The van der Waals surface area contributed by atoms with Gasteiger partial charge in [0, 0.05) is 31.0 Å². The van der Waals surface area contributed by atoms with Crippen LogP contribution in [0.3, 0.4) is 0 Å². The van der Waals surface area contributed by atoms with Crippen molar-refractivity contribution in [2.45, 2.75) is 91.8 Å². The number of hydrogen-bond acceptors (Lipinski definition) is 6. The number of carbonyl (C=O) groups excluding carboxylic acids is 1. The van der Waals surface area contributed by atoms with Gasteiger partial charge in [-0.1, -0.05) is 45.6 Å². The molecule has 0 aromatic heterocycles. The maximum absolute atomic E-state index is 12.4. The first-order valence-corrected chi connectivity index (χ1v) is 11.1. The Hall–Kier alpha value is -1.65. The van der Waals surface area contributed by atoms with Crippen molar-refractivity contribution in [3.63, 3.8) is 0 Å². The van der Waals surface area contributed by atoms with E-state index < -0.39 is 36.0 Å². The quantitative estimate of drug-likeness (QED) is 0.174. The van der Waals surface area contributed by atoms with E-state index in [4.69, 9.17) is 14.2 Å². The van der Waals surface area contributed by atoms with Crippen molar-refractivity contribution in [2.75, 3.05) is 13.2 Å². The summed E-state index contributed by atoms with van der Waals surface area (Å²) in [6.07, 6.45) is 4.10. The summed E-state index contributed by atoms with van der Waals surface area (Å²) in [7, 11) is 0. The van der Waals surface area contributed by atoms with E-state index in [1.807, 2.05) is 53.7 Å². The molecule has 0 aromatic rings. The Bertz CT molecular complexity index is 595. The zero-order chi connectivity index (χ0) is 23.9. The first kappa shape index (κ1) is 29.4. The average Bonchev–Trinajstić information content (AvgIpc) is 2.70. The van der Waals surface area contributed by atoms with Gasteiger partial charge < -0.3 is 24.4 Å². The number of rotatable bonds is 15. The van der Waals surface area contributed by atoms with Crippen LogP contribution in [0.2, 0.25) is 0 Å². The molecule has 178 valence electrons. The molecule has 2 N–H and O–H groups in total. The van der Waals surface area contributed by atoms with Gasteiger partial charge in [-0.3, -0.25) is 4.79 Å². The Morgan fingerprint density at radius 2 is 1.81 bits per heavy atom. The van der Waals surface area contributed by atoms with E-state index in [1.165, 1.54) is 6.08 Å². The van der Waals surface area contributed by atoms with Gasteiger partial charge in [-0.25, -0.2) is 0 Å². The Kier molecular flexibility index (Phi) is 15.2. The molecule has 0 amide bonds. The van der Waals surface area contributed by atoms with Gasteiger partial charge in [-0.05, 0) is 33.6 Å². The maximum atomic E-state index is 12.4. The minimum absolute atomic E-state index is 0.0321. The molecule has 6 nitrogen and oxygen atoms in total. The molecule has 0 aliphatic carbocycles. The second-order valence-electron chi connectivity index (χ2n) is 8.15. The summed E-state index contributed by atoms with van der Waals surface area (Å²) in [6, 6.07) is 0. The summed E-state index contributed by atoms with van der Waals surface area (Å²) in [6.45, 7) is 15.8. The van der Waals surface area contributed by atoms with Crippen molar-refractivity contribution in [2.24, 2.45) is 11.3 Å². The van der Waals surface area contributed by atoms with Gasteiger partial charge in [0.15, 0.2) is 6.29 Å². The second-order valence-corrected chi connectivity index (χ2v) is 8.15. The molecule has 0 bridgehead atoms. The number of carbonyl (C=O) groups is 1. The summed E-state index contributed by atoms with van der Waals surface area (Å²) in [5.41, 5.74) is -0.758. The number of ether oxygens (including phenoxy) is 3. The van der Waals surface area contributed by atoms with Crippen LogP contribution in [0.5, 0.6) is 0 Å². The molecule has 31 heavy (non-hydrogen) atoms. The molecule has 0 heterocycles. The van der Waals surface area contributed by atoms with Gasteiger partial charge in [0.2, 0.25) is 0 Å². The lowest BCUT2D eigenvalue weighted by atomic mass is 9.77. The fraction of sp³-hybridized carbons (Fsp3) is 0.720. The molecular formula is C25H42O6. The van der Waals surface area contributed by atoms with Crippen LogP contribution < -0.4 is 0 Å². The number of aliphatic hydroxyl groups excluding tert-OH is 2. The van der Waals surface area contributed by atoms with Crippen molar-refractivity contribution in [1.82, 2.24) is 0 Å². The minimum atomic E-state index is -0.768. The first-order valence-electron chi connectivity index (χ1n) is 11.1. The highest BCUT2D eigenvalue weighted by Crippen LogP contribution is 2.32. The lowest BCUT2D eigenvalue weighted by molar-refractivity contribution is -0.177. The van der Waals surface area contributed by atoms with Crippen LogP contribution in [0.25, 0.3) is 0 Å². The van der Waals surface area contributed by atoms with E-state index in [0.717, 1.165) is 0 Å². The molecule has 0 unspecified atom stereocenters. The molecule has 0 aromatic carbocycles. The highest BCUT2D eigenvalue weighted by molar-refractivity contribution is 5.70. The standard InChI is InChI=1S/C25H42O6/c1-8-12-15-20(26)16-13-14-19(5)17-21(27)25(6,7)22(9-2)31-23(28)18-24(29-10-3)30-11-4/h8-9,12,19-22,24,26-27H,2,10-11,15-18H2,1,3-7H3/b12-8+/t19-,20-,21+,22+/m0/s1. The van der Waals surface area contributed by atoms with Gasteiger partial charge >= 0.3 is 5.97 Å². The molecule has 4 atom stereocenters. The molecule has 0 aliphatic rings. The van der Waals surface area contributed by atoms with E-state index in [-0.39, 0.29) is 12.3 Å². The Labute approximate surface area is 188 Å². The lowest BCUT2D eigenvalue weighted by Crippen LogP contribution is -2.43. The SMILES string of the molecule is C=C[C@@H](OC(=O)CC(OCC)OCC)C(C)(C)[C@H](O)C[C@@H](C)C#CC[C@@H](O)C/C=C/C. The van der Waals surface area contributed by atoms with E-state index >= 15 is 0 Å². The maximum Gasteiger partial charge on any atom is 0.311 e. The van der Waals surface area contributed by atoms with Crippen LogP contribution in [0.4, 0.5) is 0 Å². The number of esters is 1. The van der Waals surface area contributed by atoms with Gasteiger partial charge in [-0.15, -0.1) is 11.8 Å². The molecule has 0 spiro atoms. The number of aliphatic hydroxyl groups is 2. The monoisotopic (exact) mass is 438 g/mol. The molecule has 0 aliphatic heterocycles. The summed E-state index contributed by atoms with van der Waals surface area (Å²) in [5, 5.41) is 20.7. The van der Waals surface area contributed by atoms with Gasteiger partial charge in [-0.2, -0.15) is 0 Å². The first-order chi connectivity index (χ1) is 14.6. The molecular weight excluding hydrogens is 396 g/mol. The largest absolute Gasteiger partial charge is 0.457 e. The Balaban J connectivity index is 4.87. The van der Waals surface area contributed by atoms with E-state index in [1.54, 1.807) is 0 Å². The van der Waals surface area contributed by atoms with Crippen LogP contribution in [0.15, 0.2) is 24.8 Å². The predicted octanol–water partition coefficient (Wildman–Crippen LogP) is 4.01. The summed E-state index contributed by atoms with van der Waals surface area (Å²) in [5.74, 6) is 5.53. The van der Waals surface area contributed by atoms with Crippen molar-refractivity contribution in [1.29, 1.82) is 0 Å². The molecule has 0 radical (unpaired) electrons. The average molecular weight is 439 g/mol. The van der Waals surface area contributed by atoms with Gasteiger partial charge in [0.25, 0.3) is 0 Å². The third-order valence-electron chi connectivity index (χ3n) is 5.01. The van der Waals surface area contributed by atoms with Crippen molar-refractivity contribution >= 4 is 5.97 Å². The fourth-order valence-corrected chi connectivity index (χ4v) is 2.98. The molecule has 0 rings (SSSR count). The topological polar surface area (TPSA) is 85.2 Å². The predicted molar refractivity (Wildman–Crippen MR) is 123 cm³/mol. The molecule has 0 fully saturated rings. The van der Waals surface area contributed by atoms with E-state index in [2.05, 4.69) is 18.4 Å². The van der Waals surface area contributed by atoms with Gasteiger partial charge in [0.1, 0.15) is 6.10 Å². The smallest absolute Gasteiger partial charge is 0.311 e. The van der Waals surface area contributed by atoms with Crippen LogP contribution in [-0.4, -0.2) is 54.0 Å². The van der Waals surface area contributed by atoms with E-state index in [0.29, 0.717) is 32.5 Å². The van der Waals surface area contributed by atoms with Crippen LogP contribution >= 0.6 is 0 Å². The lowest BCUT2D eigenvalue weighted by Gasteiger charge is -2.37. The van der Waals surface area contributed by atoms with Crippen LogP contribution in [0.1, 0.15) is 67.2 Å². The third-order valence-corrected chi connectivity index (χ3v) is 5.01. The third kappa shape index (κ3) is 12.1. The molecule has 0 saturated carbocycles. The number of allylic oxidation sites excluding steroid dienone is 1. The highest BCUT2D eigenvalue weighted by atomic mass is 16.7. The van der Waals surface area contributed by atoms with Crippen molar-refractivity contribution in [3.05, 3.63) is 24.8 Å². The summed E-state index contributed by atoms with van der Waals surface area (Å²) >= 11 is 0. The van der Waals surface area contributed by atoms with Gasteiger partial charge in [0.05, 0.1) is 18.6 Å².